The summed E-state index contributed by atoms with van der Waals surface area (Å²) in [5.74, 6) is 0. The van der Waals surface area contributed by atoms with E-state index in [4.69, 9.17) is 4.42 Å². The van der Waals surface area contributed by atoms with E-state index in [9.17, 15) is 4.79 Å². The molecule has 0 aliphatic carbocycles. The van der Waals surface area contributed by atoms with Crippen LogP contribution in [-0.4, -0.2) is 0 Å². The molecular formula is C13H18O2. The van der Waals surface area contributed by atoms with E-state index in [0.717, 1.165) is 5.22 Å². The molecule has 0 saturated heterocycles. The van der Waals surface area contributed by atoms with Gasteiger partial charge in [0.05, 0.1) is 0 Å². The summed E-state index contributed by atoms with van der Waals surface area (Å²) in [6.07, 6.45) is 7.40. The van der Waals surface area contributed by atoms with E-state index >= 15 is 0 Å². The van der Waals surface area contributed by atoms with E-state index < -0.39 is 0 Å². The first-order valence-corrected chi connectivity index (χ1v) is 5.17. The number of rotatable bonds is 1. The largest absolute Gasteiger partial charge is 0.423 e. The molecule has 1 heterocycles. The second-order valence-corrected chi connectivity index (χ2v) is 2.56. The minimum Gasteiger partial charge on any atom is -0.423 e. The lowest BCUT2D eigenvalue weighted by Crippen LogP contribution is -2.27. The quantitative estimate of drug-likeness (QED) is 0.701. The van der Waals surface area contributed by atoms with E-state index in [0.29, 0.717) is 5.42 Å². The molecule has 0 aliphatic heterocycles. The van der Waals surface area contributed by atoms with Crippen LogP contribution in [0.5, 0.6) is 0 Å². The Balaban J connectivity index is 0.000000921. The number of hydrogen-bond donors (Lipinski definition) is 0. The highest BCUT2D eigenvalue weighted by molar-refractivity contribution is 5.35. The first-order valence-electron chi connectivity index (χ1n) is 5.17. The summed E-state index contributed by atoms with van der Waals surface area (Å²) in [6, 6.07) is 3.17. The monoisotopic (exact) mass is 206 g/mol. The summed E-state index contributed by atoms with van der Waals surface area (Å²) in [5, 5.41) is 0.928. The molecule has 0 N–H and O–H groups in total. The Bertz CT molecular complexity index is 464. The van der Waals surface area contributed by atoms with Crippen LogP contribution in [0.3, 0.4) is 0 Å². The highest BCUT2D eigenvalue weighted by Gasteiger charge is 1.86. The van der Waals surface area contributed by atoms with Crippen LogP contribution in [0, 0.1) is 0 Å². The average molecular weight is 206 g/mol. The molecule has 2 heteroatoms. The summed E-state index contributed by atoms with van der Waals surface area (Å²) < 4.78 is 5.01. The van der Waals surface area contributed by atoms with Gasteiger partial charge in [-0.1, -0.05) is 32.1 Å². The van der Waals surface area contributed by atoms with Crippen molar-refractivity contribution in [3.63, 3.8) is 0 Å². The maximum atomic E-state index is 10.9. The minimum absolute atomic E-state index is 0.318. The maximum absolute atomic E-state index is 10.9. The summed E-state index contributed by atoms with van der Waals surface area (Å²) in [6.45, 7) is 7.81. The molecule has 2 nitrogen and oxygen atoms in total. The van der Waals surface area contributed by atoms with Crippen molar-refractivity contribution in [1.29, 1.82) is 0 Å². The van der Waals surface area contributed by atoms with Crippen molar-refractivity contribution in [3.05, 3.63) is 45.3 Å². The SMILES string of the molecule is C/C=c1/ccc(=O)o/c1=C/C=C/C.CC. The Morgan fingerprint density at radius 1 is 1.20 bits per heavy atom. The maximum Gasteiger partial charge on any atom is 0.336 e. The van der Waals surface area contributed by atoms with Gasteiger partial charge in [-0.05, 0) is 26.0 Å². The smallest absolute Gasteiger partial charge is 0.336 e. The molecule has 0 bridgehead atoms. The van der Waals surface area contributed by atoms with Crippen LogP contribution < -0.4 is 16.3 Å². The van der Waals surface area contributed by atoms with Gasteiger partial charge in [0.2, 0.25) is 0 Å². The van der Waals surface area contributed by atoms with Crippen LogP contribution in [0.15, 0.2) is 33.5 Å². The van der Waals surface area contributed by atoms with Gasteiger partial charge in [-0.3, -0.25) is 0 Å². The van der Waals surface area contributed by atoms with Crippen molar-refractivity contribution in [2.75, 3.05) is 0 Å². The van der Waals surface area contributed by atoms with Crippen molar-refractivity contribution in [2.45, 2.75) is 27.7 Å². The standard InChI is InChI=1S/C11H12O2.C2H6/c1-3-5-6-10-9(4-2)7-8-11(12)13-10;1-2/h3-8H,1-2H3;1-2H3/b5-3+,9-4-,10-6+;. The van der Waals surface area contributed by atoms with Crippen LogP contribution in [0.25, 0.3) is 12.2 Å². The summed E-state index contributed by atoms with van der Waals surface area (Å²) in [7, 11) is 0. The van der Waals surface area contributed by atoms with Gasteiger partial charge >= 0.3 is 5.63 Å². The van der Waals surface area contributed by atoms with Gasteiger partial charge in [-0.25, -0.2) is 4.79 Å². The lowest BCUT2D eigenvalue weighted by atomic mass is 10.3. The molecule has 1 aromatic rings. The van der Waals surface area contributed by atoms with E-state index in [1.165, 1.54) is 6.07 Å². The van der Waals surface area contributed by atoms with Gasteiger partial charge in [0.25, 0.3) is 0 Å². The van der Waals surface area contributed by atoms with Crippen LogP contribution in [0.1, 0.15) is 27.7 Å². The van der Waals surface area contributed by atoms with Crippen molar-refractivity contribution >= 4 is 12.2 Å². The minimum atomic E-state index is -0.318. The fourth-order valence-electron chi connectivity index (χ4n) is 0.994. The van der Waals surface area contributed by atoms with Gasteiger partial charge in [0, 0.05) is 11.3 Å². The molecule has 0 unspecified atom stereocenters. The predicted octanol–water partition coefficient (Wildman–Crippen LogP) is 1.82. The van der Waals surface area contributed by atoms with Gasteiger partial charge in [-0.15, -0.1) is 0 Å². The fraction of sp³-hybridized carbons (Fsp3) is 0.308. The van der Waals surface area contributed by atoms with Crippen molar-refractivity contribution in [3.8, 4) is 0 Å². The molecule has 1 rings (SSSR count). The van der Waals surface area contributed by atoms with Gasteiger partial charge < -0.3 is 4.42 Å². The van der Waals surface area contributed by atoms with E-state index in [2.05, 4.69) is 0 Å². The normalized spacial score (nSPS) is 12.8. The number of hydrogen-bond acceptors (Lipinski definition) is 2. The molecule has 15 heavy (non-hydrogen) atoms. The summed E-state index contributed by atoms with van der Waals surface area (Å²) in [4.78, 5) is 10.9. The fourth-order valence-corrected chi connectivity index (χ4v) is 0.994. The first-order chi connectivity index (χ1) is 7.27. The van der Waals surface area contributed by atoms with Crippen LogP contribution in [-0.2, 0) is 0 Å². The zero-order valence-electron chi connectivity index (χ0n) is 9.78. The van der Waals surface area contributed by atoms with Crippen molar-refractivity contribution in [1.82, 2.24) is 0 Å². The molecule has 0 spiro atoms. The van der Waals surface area contributed by atoms with Gasteiger partial charge in [-0.2, -0.15) is 0 Å². The third kappa shape index (κ3) is 4.45. The third-order valence-electron chi connectivity index (χ3n) is 1.65. The van der Waals surface area contributed by atoms with Crippen molar-refractivity contribution in [2.24, 2.45) is 0 Å². The second-order valence-electron chi connectivity index (χ2n) is 2.56. The van der Waals surface area contributed by atoms with Crippen LogP contribution >= 0.6 is 0 Å². The predicted molar refractivity (Wildman–Crippen MR) is 65.0 cm³/mol. The lowest BCUT2D eigenvalue weighted by Gasteiger charge is -1.86. The molecule has 0 amide bonds. The summed E-state index contributed by atoms with van der Waals surface area (Å²) >= 11 is 0. The van der Waals surface area contributed by atoms with E-state index in [-0.39, 0.29) is 5.63 Å². The van der Waals surface area contributed by atoms with Crippen LogP contribution in [0.4, 0.5) is 0 Å². The number of allylic oxidation sites excluding steroid dienone is 2. The zero-order chi connectivity index (χ0) is 11.7. The third-order valence-corrected chi connectivity index (χ3v) is 1.65. The lowest BCUT2D eigenvalue weighted by molar-refractivity contribution is 0.473. The summed E-state index contributed by atoms with van der Waals surface area (Å²) in [5.41, 5.74) is 0.287. The topological polar surface area (TPSA) is 30.2 Å². The molecule has 0 fully saturated rings. The molecule has 82 valence electrons. The Hall–Kier alpha value is -1.57. The zero-order valence-corrected chi connectivity index (χ0v) is 9.78. The molecule has 0 saturated carbocycles. The average Bonchev–Trinajstić information content (AvgIpc) is 2.29. The van der Waals surface area contributed by atoms with Crippen LogP contribution in [0.2, 0.25) is 0 Å². The Labute approximate surface area is 90.3 Å². The van der Waals surface area contributed by atoms with E-state index in [1.54, 1.807) is 12.1 Å². The molecule has 1 aromatic heterocycles. The highest BCUT2D eigenvalue weighted by atomic mass is 16.4. The Morgan fingerprint density at radius 3 is 2.40 bits per heavy atom. The highest BCUT2D eigenvalue weighted by Crippen LogP contribution is 1.71. The molecule has 0 aromatic carbocycles. The molecular weight excluding hydrogens is 188 g/mol. The van der Waals surface area contributed by atoms with Gasteiger partial charge in [0.15, 0.2) is 0 Å². The Morgan fingerprint density at radius 2 is 1.87 bits per heavy atom. The molecule has 0 atom stereocenters. The molecule has 0 radical (unpaired) electrons. The molecule has 0 aliphatic rings. The first kappa shape index (κ1) is 13.4. The Kier molecular flexibility index (Phi) is 6.98. The second kappa shape index (κ2) is 7.80. The van der Waals surface area contributed by atoms with Gasteiger partial charge in [0.1, 0.15) is 5.42 Å². The van der Waals surface area contributed by atoms with Crippen molar-refractivity contribution < 1.29 is 4.42 Å². The van der Waals surface area contributed by atoms with E-state index in [1.807, 2.05) is 45.9 Å².